The molecule has 1 N–H and O–H groups in total. The molecule has 0 fully saturated rings. The fraction of sp³-hybridized carbons (Fsp3) is 0.160. The van der Waals surface area contributed by atoms with E-state index in [1.54, 1.807) is 12.1 Å². The van der Waals surface area contributed by atoms with Gasteiger partial charge in [-0.2, -0.15) is 18.3 Å². The predicted octanol–water partition coefficient (Wildman–Crippen LogP) is 6.89. The zero-order chi connectivity index (χ0) is 24.3. The highest BCUT2D eigenvalue weighted by molar-refractivity contribution is 6.32. The Hall–Kier alpha value is -3.65. The third-order valence-electron chi connectivity index (χ3n) is 4.99. The molecule has 0 aliphatic carbocycles. The normalized spacial score (nSPS) is 11.4. The van der Waals surface area contributed by atoms with E-state index in [1.807, 2.05) is 43.3 Å². The molecule has 5 nitrogen and oxygen atoms in total. The number of nitrogens with zero attached hydrogens (tertiary/aromatic N) is 2. The second kappa shape index (κ2) is 9.69. The Bertz CT molecular complexity index is 1270. The third kappa shape index (κ3) is 4.97. The van der Waals surface area contributed by atoms with E-state index in [1.165, 1.54) is 18.2 Å². The molecule has 0 saturated heterocycles. The van der Waals surface area contributed by atoms with E-state index >= 15 is 0 Å². The van der Waals surface area contributed by atoms with Gasteiger partial charge in [0.1, 0.15) is 29.5 Å². The number of phenolic OH excluding ortho intramolecular Hbond substituents is 1. The van der Waals surface area contributed by atoms with Gasteiger partial charge in [-0.25, -0.2) is 4.68 Å². The van der Waals surface area contributed by atoms with Crippen LogP contribution >= 0.6 is 11.6 Å². The molecule has 9 heteroatoms. The molecule has 0 unspecified atom stereocenters. The van der Waals surface area contributed by atoms with Gasteiger partial charge in [-0.05, 0) is 48.9 Å². The first-order valence-electron chi connectivity index (χ1n) is 10.4. The number of para-hydroxylation sites is 2. The molecule has 0 radical (unpaired) electrons. The number of hydrogen-bond donors (Lipinski definition) is 1. The first-order chi connectivity index (χ1) is 16.3. The fourth-order valence-electron chi connectivity index (χ4n) is 3.44. The van der Waals surface area contributed by atoms with Crippen molar-refractivity contribution in [2.45, 2.75) is 19.7 Å². The van der Waals surface area contributed by atoms with Crippen LogP contribution in [-0.2, 0) is 12.8 Å². The molecule has 34 heavy (non-hydrogen) atoms. The van der Waals surface area contributed by atoms with Gasteiger partial charge in [-0.15, -0.1) is 0 Å². The second-order valence-corrected chi connectivity index (χ2v) is 7.69. The number of aromatic nitrogens is 2. The van der Waals surface area contributed by atoms with E-state index in [2.05, 4.69) is 5.10 Å². The smallest absolute Gasteiger partial charge is 0.435 e. The molecule has 0 bridgehead atoms. The minimum absolute atomic E-state index is 0.0513. The lowest BCUT2D eigenvalue weighted by atomic mass is 10.0. The van der Waals surface area contributed by atoms with Crippen LogP contribution < -0.4 is 9.47 Å². The van der Waals surface area contributed by atoms with Crippen molar-refractivity contribution in [3.8, 4) is 34.1 Å². The zero-order valence-corrected chi connectivity index (χ0v) is 18.8. The number of alkyl halides is 3. The first kappa shape index (κ1) is 23.5. The summed E-state index contributed by atoms with van der Waals surface area (Å²) < 4.78 is 52.4. The average Bonchev–Trinajstić information content (AvgIpc) is 3.23. The van der Waals surface area contributed by atoms with Crippen LogP contribution in [0.25, 0.3) is 16.8 Å². The van der Waals surface area contributed by atoms with Gasteiger partial charge in [0.15, 0.2) is 5.69 Å². The largest absolute Gasteiger partial charge is 0.506 e. The van der Waals surface area contributed by atoms with Crippen molar-refractivity contribution in [2.24, 2.45) is 0 Å². The van der Waals surface area contributed by atoms with Gasteiger partial charge in [0.25, 0.3) is 0 Å². The number of phenols is 1. The number of aromatic hydroxyl groups is 1. The van der Waals surface area contributed by atoms with Gasteiger partial charge >= 0.3 is 6.18 Å². The van der Waals surface area contributed by atoms with Crippen molar-refractivity contribution in [1.82, 2.24) is 9.78 Å². The van der Waals surface area contributed by atoms with Crippen molar-refractivity contribution < 1.29 is 27.8 Å². The molecule has 1 heterocycles. The zero-order valence-electron chi connectivity index (χ0n) is 18.0. The Morgan fingerprint density at radius 2 is 1.71 bits per heavy atom. The Labute approximate surface area is 198 Å². The van der Waals surface area contributed by atoms with Gasteiger partial charge in [-0.1, -0.05) is 48.0 Å². The highest BCUT2D eigenvalue weighted by Gasteiger charge is 2.35. The quantitative estimate of drug-likeness (QED) is 0.307. The Balaban J connectivity index is 1.60. The van der Waals surface area contributed by atoms with Crippen LogP contribution in [0.5, 0.6) is 17.2 Å². The van der Waals surface area contributed by atoms with Crippen molar-refractivity contribution in [1.29, 1.82) is 0 Å². The molecule has 0 aliphatic heterocycles. The number of halogens is 4. The van der Waals surface area contributed by atoms with Crippen molar-refractivity contribution in [2.75, 3.05) is 6.61 Å². The average molecular weight is 489 g/mol. The van der Waals surface area contributed by atoms with Crippen LogP contribution in [-0.4, -0.2) is 21.5 Å². The number of rotatable bonds is 7. The summed E-state index contributed by atoms with van der Waals surface area (Å²) in [5.74, 6) is 0.895. The molecular weight excluding hydrogens is 469 g/mol. The predicted molar refractivity (Wildman–Crippen MR) is 123 cm³/mol. The summed E-state index contributed by atoms with van der Waals surface area (Å²) in [4.78, 5) is 0. The van der Waals surface area contributed by atoms with E-state index < -0.39 is 11.9 Å². The minimum Gasteiger partial charge on any atom is -0.506 e. The number of ether oxygens (including phenoxy) is 2. The van der Waals surface area contributed by atoms with Crippen molar-refractivity contribution in [3.05, 3.63) is 89.2 Å². The van der Waals surface area contributed by atoms with Gasteiger partial charge < -0.3 is 14.6 Å². The maximum atomic E-state index is 13.3. The van der Waals surface area contributed by atoms with E-state index in [4.69, 9.17) is 21.1 Å². The molecular formula is C25H20ClF3N2O3. The standard InChI is InChI=1S/C25H20ClF3N2O3/c1-2-33-22-9-4-3-6-19(22)16-10-12-18(13-11-16)34-15-17-14-23(25(27,28)29)30-31(17)24-20(26)7-5-8-21(24)32/h3-14,32H,2,15H2,1H3. The summed E-state index contributed by atoms with van der Waals surface area (Å²) in [6, 6.07) is 19.9. The lowest BCUT2D eigenvalue weighted by Gasteiger charge is -2.13. The van der Waals surface area contributed by atoms with Crippen LogP contribution in [0.2, 0.25) is 5.02 Å². The molecule has 4 rings (SSSR count). The van der Waals surface area contributed by atoms with Gasteiger partial charge in [0.2, 0.25) is 0 Å². The molecule has 0 saturated carbocycles. The van der Waals surface area contributed by atoms with Crippen molar-refractivity contribution >= 4 is 11.6 Å². The number of benzene rings is 3. The summed E-state index contributed by atoms with van der Waals surface area (Å²) >= 11 is 6.13. The van der Waals surface area contributed by atoms with E-state index in [-0.39, 0.29) is 28.8 Å². The summed E-state index contributed by atoms with van der Waals surface area (Å²) in [5, 5.41) is 13.9. The number of hydrogen-bond acceptors (Lipinski definition) is 4. The fourth-order valence-corrected chi connectivity index (χ4v) is 3.69. The topological polar surface area (TPSA) is 56.5 Å². The molecule has 0 aliphatic rings. The SMILES string of the molecule is CCOc1ccccc1-c1ccc(OCc2cc(C(F)(F)F)nn2-c2c(O)cccc2Cl)cc1. The molecule has 0 spiro atoms. The second-order valence-electron chi connectivity index (χ2n) is 7.28. The lowest BCUT2D eigenvalue weighted by molar-refractivity contribution is -0.141. The Kier molecular flexibility index (Phi) is 6.70. The van der Waals surface area contributed by atoms with E-state index in [0.717, 1.165) is 27.6 Å². The highest BCUT2D eigenvalue weighted by atomic mass is 35.5. The highest BCUT2D eigenvalue weighted by Crippen LogP contribution is 2.35. The van der Waals surface area contributed by atoms with Crippen LogP contribution in [0, 0.1) is 0 Å². The summed E-state index contributed by atoms with van der Waals surface area (Å²) in [7, 11) is 0. The lowest BCUT2D eigenvalue weighted by Crippen LogP contribution is -2.09. The summed E-state index contributed by atoms with van der Waals surface area (Å²) in [6.07, 6.45) is -4.67. The summed E-state index contributed by atoms with van der Waals surface area (Å²) in [6.45, 7) is 2.21. The maximum Gasteiger partial charge on any atom is 0.435 e. The van der Waals surface area contributed by atoms with E-state index in [0.29, 0.717) is 12.4 Å². The van der Waals surface area contributed by atoms with Gasteiger partial charge in [0, 0.05) is 5.56 Å². The summed E-state index contributed by atoms with van der Waals surface area (Å²) in [5.41, 5.74) is 0.718. The van der Waals surface area contributed by atoms with Crippen LogP contribution in [0.4, 0.5) is 13.2 Å². The molecule has 0 atom stereocenters. The first-order valence-corrected chi connectivity index (χ1v) is 10.7. The third-order valence-corrected chi connectivity index (χ3v) is 5.29. The Morgan fingerprint density at radius 1 is 0.971 bits per heavy atom. The van der Waals surface area contributed by atoms with E-state index in [9.17, 15) is 18.3 Å². The van der Waals surface area contributed by atoms with Crippen molar-refractivity contribution in [3.63, 3.8) is 0 Å². The monoisotopic (exact) mass is 488 g/mol. The maximum absolute atomic E-state index is 13.3. The van der Waals surface area contributed by atoms with Crippen LogP contribution in [0.3, 0.4) is 0 Å². The molecule has 0 amide bonds. The van der Waals surface area contributed by atoms with Gasteiger partial charge in [0.05, 0.1) is 17.3 Å². The van der Waals surface area contributed by atoms with Crippen LogP contribution in [0.1, 0.15) is 18.3 Å². The minimum atomic E-state index is -4.67. The molecule has 4 aromatic rings. The van der Waals surface area contributed by atoms with Gasteiger partial charge in [-0.3, -0.25) is 0 Å². The Morgan fingerprint density at radius 3 is 2.38 bits per heavy atom. The molecule has 1 aromatic heterocycles. The molecule has 176 valence electrons. The van der Waals surface area contributed by atoms with Crippen LogP contribution in [0.15, 0.2) is 72.8 Å². The molecule has 3 aromatic carbocycles.